The second-order valence-electron chi connectivity index (χ2n) is 10.8. The lowest BCUT2D eigenvalue weighted by molar-refractivity contribution is -0.122. The minimum absolute atomic E-state index is 0.0906. The van der Waals surface area contributed by atoms with E-state index >= 15 is 0 Å². The lowest BCUT2D eigenvalue weighted by atomic mass is 9.76. The van der Waals surface area contributed by atoms with Gasteiger partial charge in [-0.2, -0.15) is 0 Å². The van der Waals surface area contributed by atoms with Gasteiger partial charge in [-0.1, -0.05) is 43.7 Å². The molecule has 0 spiro atoms. The third-order valence-corrected chi connectivity index (χ3v) is 7.47. The molecule has 1 saturated carbocycles. The maximum absolute atomic E-state index is 13.7. The third kappa shape index (κ3) is 5.64. The SMILES string of the molecule is CCOC(=O)c1[nH]c2ccc(NC(=O)[C@@H]3[C@H](C4CCCCC4)CCN3C(=O)OC(C)(C)C)cc2c1Cl. The van der Waals surface area contributed by atoms with Gasteiger partial charge >= 0.3 is 12.1 Å². The summed E-state index contributed by atoms with van der Waals surface area (Å²) in [6.07, 6.45) is 6.04. The Morgan fingerprint density at radius 1 is 1.14 bits per heavy atom. The number of aromatic nitrogens is 1. The molecule has 4 rings (SSSR count). The summed E-state index contributed by atoms with van der Waals surface area (Å²) in [5, 5.41) is 3.86. The van der Waals surface area contributed by atoms with Crippen molar-refractivity contribution >= 4 is 46.2 Å². The fourth-order valence-electron chi connectivity index (χ4n) is 5.53. The van der Waals surface area contributed by atoms with Crippen LogP contribution < -0.4 is 5.32 Å². The van der Waals surface area contributed by atoms with E-state index in [-0.39, 0.29) is 29.1 Å². The zero-order valence-corrected chi connectivity index (χ0v) is 22.2. The molecule has 196 valence electrons. The van der Waals surface area contributed by atoms with E-state index < -0.39 is 23.7 Å². The first-order valence-corrected chi connectivity index (χ1v) is 13.3. The van der Waals surface area contributed by atoms with Gasteiger partial charge in [-0.05, 0) is 64.2 Å². The van der Waals surface area contributed by atoms with E-state index in [2.05, 4.69) is 10.3 Å². The summed E-state index contributed by atoms with van der Waals surface area (Å²) in [5.41, 5.74) is 0.745. The zero-order chi connectivity index (χ0) is 26.0. The summed E-state index contributed by atoms with van der Waals surface area (Å²) in [4.78, 5) is 43.5. The van der Waals surface area contributed by atoms with Gasteiger partial charge in [0, 0.05) is 23.1 Å². The Hall–Kier alpha value is -2.74. The smallest absolute Gasteiger partial charge is 0.410 e. The van der Waals surface area contributed by atoms with E-state index in [9.17, 15) is 14.4 Å². The lowest BCUT2D eigenvalue weighted by Crippen LogP contribution is -2.49. The van der Waals surface area contributed by atoms with Gasteiger partial charge in [-0.3, -0.25) is 9.69 Å². The number of amides is 2. The molecule has 1 aromatic carbocycles. The second kappa shape index (κ2) is 10.7. The zero-order valence-electron chi connectivity index (χ0n) is 21.5. The number of nitrogens with one attached hydrogen (secondary N) is 2. The minimum Gasteiger partial charge on any atom is -0.461 e. The van der Waals surface area contributed by atoms with Crippen molar-refractivity contribution in [2.45, 2.75) is 77.9 Å². The number of fused-ring (bicyclic) bond motifs is 1. The van der Waals surface area contributed by atoms with Gasteiger partial charge in [0.2, 0.25) is 5.91 Å². The van der Waals surface area contributed by atoms with Crippen LogP contribution in [0.1, 0.15) is 76.7 Å². The average molecular weight is 518 g/mol. The maximum atomic E-state index is 13.7. The van der Waals surface area contributed by atoms with Crippen LogP contribution in [0.4, 0.5) is 10.5 Å². The molecule has 2 atom stereocenters. The number of carbonyl (C=O) groups excluding carboxylic acids is 3. The summed E-state index contributed by atoms with van der Waals surface area (Å²) in [7, 11) is 0. The molecule has 0 radical (unpaired) electrons. The van der Waals surface area contributed by atoms with Crippen LogP contribution in [-0.4, -0.2) is 52.6 Å². The summed E-state index contributed by atoms with van der Waals surface area (Å²) >= 11 is 6.46. The number of ether oxygens (including phenoxy) is 2. The summed E-state index contributed by atoms with van der Waals surface area (Å²) in [5.74, 6) is -0.257. The predicted molar refractivity (Wildman–Crippen MR) is 139 cm³/mol. The number of anilines is 1. The van der Waals surface area contributed by atoms with Crippen LogP contribution in [0.15, 0.2) is 18.2 Å². The molecule has 2 fully saturated rings. The molecule has 9 heteroatoms. The quantitative estimate of drug-likeness (QED) is 0.464. The molecule has 1 saturated heterocycles. The van der Waals surface area contributed by atoms with E-state index in [0.29, 0.717) is 29.1 Å². The number of rotatable bonds is 5. The molecule has 0 unspecified atom stereocenters. The van der Waals surface area contributed by atoms with Gasteiger partial charge in [-0.15, -0.1) is 0 Å². The van der Waals surface area contributed by atoms with Gasteiger partial charge in [0.05, 0.1) is 11.6 Å². The Kier molecular flexibility index (Phi) is 7.83. The Bertz CT molecular complexity index is 1130. The van der Waals surface area contributed by atoms with E-state index in [4.69, 9.17) is 21.1 Å². The van der Waals surface area contributed by atoms with Crippen LogP contribution in [0.5, 0.6) is 0 Å². The van der Waals surface area contributed by atoms with Crippen LogP contribution in [0.25, 0.3) is 10.9 Å². The van der Waals surface area contributed by atoms with E-state index in [1.807, 2.05) is 20.8 Å². The predicted octanol–water partition coefficient (Wildman–Crippen LogP) is 6.14. The number of hydrogen-bond donors (Lipinski definition) is 2. The van der Waals surface area contributed by atoms with Crippen molar-refractivity contribution in [1.29, 1.82) is 0 Å². The standard InChI is InChI=1S/C27H36ClN3O5/c1-5-35-25(33)22-21(28)19-15-17(11-12-20(19)30-22)29-24(32)23-18(16-9-7-6-8-10-16)13-14-31(23)26(34)36-27(2,3)4/h11-12,15-16,18,23,30H,5-10,13-14H2,1-4H3,(H,29,32)/t18-,23-/m0/s1. The highest BCUT2D eigenvalue weighted by Gasteiger charge is 2.46. The van der Waals surface area contributed by atoms with Crippen LogP contribution in [0.3, 0.4) is 0 Å². The van der Waals surface area contributed by atoms with Crippen LogP contribution in [-0.2, 0) is 14.3 Å². The van der Waals surface area contributed by atoms with Gasteiger partial charge in [0.1, 0.15) is 17.3 Å². The van der Waals surface area contributed by atoms with Crippen molar-refractivity contribution in [1.82, 2.24) is 9.88 Å². The third-order valence-electron chi connectivity index (χ3n) is 7.08. The fourth-order valence-corrected chi connectivity index (χ4v) is 5.81. The molecule has 2 aliphatic rings. The monoisotopic (exact) mass is 517 g/mol. The van der Waals surface area contributed by atoms with Gasteiger partial charge in [0.15, 0.2) is 0 Å². The molecule has 2 heterocycles. The molecular formula is C27H36ClN3O5. The Morgan fingerprint density at radius 2 is 1.86 bits per heavy atom. The fraction of sp³-hybridized carbons (Fsp3) is 0.593. The molecule has 8 nitrogen and oxygen atoms in total. The molecule has 1 aliphatic carbocycles. The summed E-state index contributed by atoms with van der Waals surface area (Å²) in [6, 6.07) is 4.65. The van der Waals surface area contributed by atoms with Gasteiger partial charge < -0.3 is 19.8 Å². The first kappa shape index (κ1) is 26.3. The number of benzene rings is 1. The topological polar surface area (TPSA) is 101 Å². The van der Waals surface area contributed by atoms with E-state index in [0.717, 1.165) is 32.1 Å². The number of H-pyrrole nitrogens is 1. The molecule has 2 amide bonds. The average Bonchev–Trinajstić information content (AvgIpc) is 3.41. The Balaban J connectivity index is 1.59. The second-order valence-corrected chi connectivity index (χ2v) is 11.1. The molecule has 1 aliphatic heterocycles. The number of hydrogen-bond acceptors (Lipinski definition) is 5. The van der Waals surface area contributed by atoms with E-state index in [1.54, 1.807) is 30.0 Å². The van der Waals surface area contributed by atoms with Gasteiger partial charge in [0.25, 0.3) is 0 Å². The molecule has 2 N–H and O–H groups in total. The van der Waals surface area contributed by atoms with Crippen LogP contribution in [0.2, 0.25) is 5.02 Å². The molecule has 36 heavy (non-hydrogen) atoms. The first-order valence-electron chi connectivity index (χ1n) is 12.9. The van der Waals surface area contributed by atoms with Crippen molar-refractivity contribution in [3.8, 4) is 0 Å². The van der Waals surface area contributed by atoms with Gasteiger partial charge in [-0.25, -0.2) is 9.59 Å². The molecule has 0 bridgehead atoms. The van der Waals surface area contributed by atoms with Crippen LogP contribution >= 0.6 is 11.6 Å². The Morgan fingerprint density at radius 3 is 2.53 bits per heavy atom. The number of nitrogens with zero attached hydrogens (tertiary/aromatic N) is 1. The number of halogens is 1. The normalized spacial score (nSPS) is 21.0. The molecular weight excluding hydrogens is 482 g/mol. The largest absolute Gasteiger partial charge is 0.461 e. The molecule has 2 aromatic rings. The summed E-state index contributed by atoms with van der Waals surface area (Å²) in [6.45, 7) is 7.95. The van der Waals surface area contributed by atoms with Crippen molar-refractivity contribution < 1.29 is 23.9 Å². The highest BCUT2D eigenvalue weighted by Crippen LogP contribution is 2.40. The van der Waals surface area contributed by atoms with Crippen molar-refractivity contribution in [2.75, 3.05) is 18.5 Å². The highest BCUT2D eigenvalue weighted by molar-refractivity contribution is 6.38. The number of esters is 1. The Labute approximate surface area is 217 Å². The van der Waals surface area contributed by atoms with Crippen molar-refractivity contribution in [3.05, 3.63) is 28.9 Å². The summed E-state index contributed by atoms with van der Waals surface area (Å²) < 4.78 is 10.7. The van der Waals surface area contributed by atoms with Crippen molar-refractivity contribution in [3.63, 3.8) is 0 Å². The van der Waals surface area contributed by atoms with Crippen LogP contribution in [0, 0.1) is 11.8 Å². The molecule has 1 aromatic heterocycles. The number of aromatic amines is 1. The van der Waals surface area contributed by atoms with Crippen molar-refractivity contribution in [2.24, 2.45) is 11.8 Å². The number of carbonyl (C=O) groups is 3. The lowest BCUT2D eigenvalue weighted by Gasteiger charge is -2.34. The maximum Gasteiger partial charge on any atom is 0.410 e. The van der Waals surface area contributed by atoms with E-state index in [1.165, 1.54) is 6.42 Å². The first-order chi connectivity index (χ1) is 17.1. The highest BCUT2D eigenvalue weighted by atomic mass is 35.5. The minimum atomic E-state index is -0.645. The number of likely N-dealkylation sites (tertiary alicyclic amines) is 1.